The zero-order valence-electron chi connectivity index (χ0n) is 35.3. The highest BCUT2D eigenvalue weighted by Gasteiger charge is 2.19. The number of hydrogen-bond donors (Lipinski definition) is 0. The van der Waals surface area contributed by atoms with Gasteiger partial charge < -0.3 is 19.3 Å². The molecule has 0 aromatic carbocycles. The number of carbonyl (C=O) groups is 3. The molecule has 0 aromatic rings. The van der Waals surface area contributed by atoms with E-state index in [4.69, 9.17) is 9.47 Å². The maximum absolute atomic E-state index is 13.3. The molecule has 7 nitrogen and oxygen atoms in total. The fourth-order valence-electron chi connectivity index (χ4n) is 6.67. The van der Waals surface area contributed by atoms with Gasteiger partial charge in [-0.2, -0.15) is 0 Å². The Hall–Kier alpha value is -1.28. The van der Waals surface area contributed by atoms with Crippen LogP contribution in [0.15, 0.2) is 0 Å². The Morgan fingerprint density at radius 2 is 0.808 bits per heavy atom. The maximum atomic E-state index is 13.3. The lowest BCUT2D eigenvalue weighted by Gasteiger charge is -2.23. The molecule has 0 bridgehead atoms. The van der Waals surface area contributed by atoms with Crippen LogP contribution in [-0.2, 0) is 19.1 Å². The molecule has 0 radical (unpaired) electrons. The third kappa shape index (κ3) is 33.3. The van der Waals surface area contributed by atoms with Crippen LogP contribution in [0.25, 0.3) is 0 Å². The standard InChI is InChI=1S/C44H86N2O5S/c1-7-11-15-19-23-30-40(31-24-20-16-12-8-2)50-42(47)34-27-37-46(44(49)52-39-29-36-45(5)6)38-28-35-43(48)51-41(32-25-21-17-13-9-3)33-26-22-18-14-10-4/h40-41H,7-39H2,1-6H3. The Bertz CT molecular complexity index is 746. The van der Waals surface area contributed by atoms with E-state index in [1.54, 1.807) is 0 Å². The molecule has 0 saturated heterocycles. The molecule has 0 fully saturated rings. The van der Waals surface area contributed by atoms with Crippen molar-refractivity contribution in [2.24, 2.45) is 0 Å². The molecule has 308 valence electrons. The second-order valence-electron chi connectivity index (χ2n) is 15.5. The molecule has 0 rings (SSSR count). The maximum Gasteiger partial charge on any atom is 0.306 e. The van der Waals surface area contributed by atoms with Gasteiger partial charge in [-0.25, -0.2) is 0 Å². The van der Waals surface area contributed by atoms with Crippen LogP contribution in [0.3, 0.4) is 0 Å². The number of ether oxygens (including phenoxy) is 2. The lowest BCUT2D eigenvalue weighted by molar-refractivity contribution is -0.150. The normalized spacial score (nSPS) is 11.6. The summed E-state index contributed by atoms with van der Waals surface area (Å²) in [5, 5.41) is 0.0366. The molecule has 0 unspecified atom stereocenters. The van der Waals surface area contributed by atoms with Crippen LogP contribution in [0.5, 0.6) is 0 Å². The second-order valence-corrected chi connectivity index (χ2v) is 16.5. The van der Waals surface area contributed by atoms with Crippen molar-refractivity contribution in [2.75, 3.05) is 39.5 Å². The Morgan fingerprint density at radius 1 is 0.462 bits per heavy atom. The summed E-state index contributed by atoms with van der Waals surface area (Å²) in [5.74, 6) is 0.475. The molecule has 0 saturated carbocycles. The molecule has 0 aliphatic rings. The number of nitrogens with zero attached hydrogens (tertiary/aromatic N) is 2. The summed E-state index contributed by atoms with van der Waals surface area (Å²) >= 11 is 1.35. The minimum Gasteiger partial charge on any atom is -0.462 e. The molecule has 0 aliphatic heterocycles. The number of carbonyl (C=O) groups excluding carboxylic acids is 3. The van der Waals surface area contributed by atoms with Gasteiger partial charge in [0, 0.05) is 31.7 Å². The smallest absolute Gasteiger partial charge is 0.306 e. The average molecular weight is 755 g/mol. The molecule has 52 heavy (non-hydrogen) atoms. The van der Waals surface area contributed by atoms with Crippen molar-refractivity contribution >= 4 is 28.9 Å². The first kappa shape index (κ1) is 50.7. The average Bonchev–Trinajstić information content (AvgIpc) is 3.11. The Labute approximate surface area is 327 Å². The van der Waals surface area contributed by atoms with Crippen LogP contribution < -0.4 is 0 Å². The molecule has 0 spiro atoms. The second kappa shape index (κ2) is 38.0. The minimum absolute atomic E-state index is 0.00302. The summed E-state index contributed by atoms with van der Waals surface area (Å²) in [6, 6.07) is 0. The van der Waals surface area contributed by atoms with Crippen LogP contribution in [0.4, 0.5) is 4.79 Å². The topological polar surface area (TPSA) is 76.1 Å². The lowest BCUT2D eigenvalue weighted by atomic mass is 10.0. The van der Waals surface area contributed by atoms with Crippen molar-refractivity contribution in [3.05, 3.63) is 0 Å². The molecule has 0 aromatic heterocycles. The van der Waals surface area contributed by atoms with Crippen LogP contribution in [-0.4, -0.2) is 78.7 Å². The van der Waals surface area contributed by atoms with Gasteiger partial charge in [0.15, 0.2) is 0 Å². The molecular weight excluding hydrogens is 669 g/mol. The number of esters is 2. The molecular formula is C44H86N2O5S. The third-order valence-corrected chi connectivity index (χ3v) is 11.0. The van der Waals surface area contributed by atoms with Crippen molar-refractivity contribution < 1.29 is 23.9 Å². The van der Waals surface area contributed by atoms with E-state index < -0.39 is 0 Å². The van der Waals surface area contributed by atoms with E-state index in [0.29, 0.717) is 38.8 Å². The molecule has 8 heteroatoms. The van der Waals surface area contributed by atoms with Gasteiger partial charge in [0.1, 0.15) is 12.2 Å². The molecule has 0 aliphatic carbocycles. The number of thioether (sulfide) groups is 1. The van der Waals surface area contributed by atoms with Crippen molar-refractivity contribution in [2.45, 2.75) is 226 Å². The molecule has 1 amide bonds. The predicted octanol–water partition coefficient (Wildman–Crippen LogP) is 12.9. The summed E-state index contributed by atoms with van der Waals surface area (Å²) in [7, 11) is 4.09. The van der Waals surface area contributed by atoms with E-state index >= 15 is 0 Å². The van der Waals surface area contributed by atoms with Crippen LogP contribution >= 0.6 is 11.8 Å². The fraction of sp³-hybridized carbons (Fsp3) is 0.932. The summed E-state index contributed by atoms with van der Waals surface area (Å²) in [5.41, 5.74) is 0. The van der Waals surface area contributed by atoms with E-state index in [-0.39, 0.29) is 29.4 Å². The first-order chi connectivity index (χ1) is 25.3. The quantitative estimate of drug-likeness (QED) is 0.0459. The number of unbranched alkanes of at least 4 members (excludes halogenated alkanes) is 16. The summed E-state index contributed by atoms with van der Waals surface area (Å²) in [6.45, 7) is 10.9. The van der Waals surface area contributed by atoms with E-state index in [9.17, 15) is 14.4 Å². The SMILES string of the molecule is CCCCCCCC(CCCCCCC)OC(=O)CCCN(CCCC(=O)OC(CCCCCCC)CCCCCCC)C(=O)SCCCN(C)C. The highest BCUT2D eigenvalue weighted by atomic mass is 32.2. The van der Waals surface area contributed by atoms with Gasteiger partial charge >= 0.3 is 11.9 Å². The predicted molar refractivity (Wildman–Crippen MR) is 224 cm³/mol. The van der Waals surface area contributed by atoms with Gasteiger partial charge in [0.2, 0.25) is 0 Å². The van der Waals surface area contributed by atoms with Crippen LogP contribution in [0, 0.1) is 0 Å². The van der Waals surface area contributed by atoms with Gasteiger partial charge in [0.25, 0.3) is 5.24 Å². The van der Waals surface area contributed by atoms with Gasteiger partial charge in [-0.3, -0.25) is 14.4 Å². The number of rotatable bonds is 38. The van der Waals surface area contributed by atoms with Crippen molar-refractivity contribution in [1.29, 1.82) is 0 Å². The first-order valence-corrected chi connectivity index (χ1v) is 23.2. The first-order valence-electron chi connectivity index (χ1n) is 22.2. The lowest BCUT2D eigenvalue weighted by Crippen LogP contribution is -2.31. The largest absolute Gasteiger partial charge is 0.462 e. The number of amides is 1. The Balaban J connectivity index is 5.08. The van der Waals surface area contributed by atoms with Gasteiger partial charge in [-0.15, -0.1) is 0 Å². The zero-order chi connectivity index (χ0) is 38.5. The Morgan fingerprint density at radius 3 is 1.13 bits per heavy atom. The van der Waals surface area contributed by atoms with Crippen molar-refractivity contribution in [3.63, 3.8) is 0 Å². The van der Waals surface area contributed by atoms with Crippen LogP contribution in [0.1, 0.15) is 214 Å². The minimum atomic E-state index is -0.142. The van der Waals surface area contributed by atoms with E-state index in [1.165, 1.54) is 114 Å². The van der Waals surface area contributed by atoms with Gasteiger partial charge in [0.05, 0.1) is 0 Å². The molecule has 0 heterocycles. The monoisotopic (exact) mass is 755 g/mol. The third-order valence-electron chi connectivity index (χ3n) is 9.97. The number of hydrogen-bond acceptors (Lipinski definition) is 7. The fourth-order valence-corrected chi connectivity index (χ4v) is 7.48. The highest BCUT2D eigenvalue weighted by molar-refractivity contribution is 8.13. The van der Waals surface area contributed by atoms with E-state index in [0.717, 1.165) is 70.1 Å². The van der Waals surface area contributed by atoms with Crippen molar-refractivity contribution in [3.8, 4) is 0 Å². The summed E-state index contributed by atoms with van der Waals surface area (Å²) in [4.78, 5) is 43.3. The van der Waals surface area contributed by atoms with E-state index in [1.807, 2.05) is 19.0 Å². The Kier molecular flexibility index (Phi) is 37.1. The summed E-state index contributed by atoms with van der Waals surface area (Å²) < 4.78 is 12.1. The molecule has 0 N–H and O–H groups in total. The zero-order valence-corrected chi connectivity index (χ0v) is 36.1. The molecule has 0 atom stereocenters. The van der Waals surface area contributed by atoms with Gasteiger partial charge in [-0.05, 0) is 91.3 Å². The summed E-state index contributed by atoms with van der Waals surface area (Å²) in [6.07, 6.45) is 30.8. The van der Waals surface area contributed by atoms with Gasteiger partial charge in [-0.1, -0.05) is 142 Å². The van der Waals surface area contributed by atoms with E-state index in [2.05, 4.69) is 32.6 Å². The van der Waals surface area contributed by atoms with Crippen molar-refractivity contribution in [1.82, 2.24) is 9.80 Å². The highest BCUT2D eigenvalue weighted by Crippen LogP contribution is 2.20. The van der Waals surface area contributed by atoms with Crippen LogP contribution in [0.2, 0.25) is 0 Å².